The lowest BCUT2D eigenvalue weighted by Gasteiger charge is -2.08. The fourth-order valence-corrected chi connectivity index (χ4v) is 1.64. The number of carbonyl (C=O) groups excluding carboxylic acids is 1. The summed E-state index contributed by atoms with van der Waals surface area (Å²) in [5.41, 5.74) is 2.52. The molecule has 0 aliphatic heterocycles. The predicted octanol–water partition coefficient (Wildman–Crippen LogP) is 3.31. The van der Waals surface area contributed by atoms with Crippen LogP contribution in [0.1, 0.15) is 12.5 Å². The zero-order valence-corrected chi connectivity index (χ0v) is 11.3. The molecule has 1 amide bonds. The van der Waals surface area contributed by atoms with E-state index in [0.29, 0.717) is 12.2 Å². The number of rotatable bonds is 6. The van der Waals surface area contributed by atoms with E-state index in [1.165, 1.54) is 6.92 Å². The molecule has 0 saturated carbocycles. The van der Waals surface area contributed by atoms with Crippen molar-refractivity contribution in [2.75, 3.05) is 5.32 Å². The van der Waals surface area contributed by atoms with Crippen LogP contribution in [0.2, 0.25) is 0 Å². The van der Waals surface area contributed by atoms with Gasteiger partial charge >= 0.3 is 0 Å². The molecule has 0 aliphatic carbocycles. The van der Waals surface area contributed by atoms with Gasteiger partial charge in [0.2, 0.25) is 5.91 Å². The van der Waals surface area contributed by atoms with Crippen LogP contribution in [0.5, 0.6) is 0 Å². The monoisotopic (exact) mass is 268 g/mol. The first-order valence-electron chi connectivity index (χ1n) is 6.00. The predicted molar refractivity (Wildman–Crippen MR) is 78.6 cm³/mol. The summed E-state index contributed by atoms with van der Waals surface area (Å²) in [6.45, 7) is 8.79. The third kappa shape index (κ3) is 4.83. The van der Waals surface area contributed by atoms with Gasteiger partial charge in [0.25, 0.3) is 6.26 Å². The fraction of sp³-hybridized carbons (Fsp3) is 0.125. The molecule has 0 unspecified atom stereocenters. The second-order valence-electron chi connectivity index (χ2n) is 4.10. The summed E-state index contributed by atoms with van der Waals surface area (Å²) >= 11 is 0. The highest BCUT2D eigenvalue weighted by molar-refractivity contribution is 5.88. The SMILES string of the molecule is C=C/C=C(/Cc1ccc(NC(C)=O)cc1)C(=C)OC#N. The maximum Gasteiger partial charge on any atom is 0.292 e. The topological polar surface area (TPSA) is 62.1 Å². The molecule has 1 aromatic carbocycles. The highest BCUT2D eigenvalue weighted by atomic mass is 16.5. The molecule has 0 heterocycles. The Balaban J connectivity index is 2.82. The molecule has 4 nitrogen and oxygen atoms in total. The number of nitrogens with zero attached hydrogens (tertiary/aromatic N) is 1. The lowest BCUT2D eigenvalue weighted by atomic mass is 10.0. The zero-order valence-electron chi connectivity index (χ0n) is 11.3. The third-order valence-electron chi connectivity index (χ3n) is 2.51. The molecule has 0 fully saturated rings. The number of nitrogens with one attached hydrogen (secondary N) is 1. The van der Waals surface area contributed by atoms with E-state index in [1.807, 2.05) is 24.3 Å². The van der Waals surface area contributed by atoms with E-state index in [-0.39, 0.29) is 5.91 Å². The van der Waals surface area contributed by atoms with Crippen molar-refractivity contribution < 1.29 is 9.53 Å². The van der Waals surface area contributed by atoms with Gasteiger partial charge < -0.3 is 10.1 Å². The Labute approximate surface area is 118 Å². The van der Waals surface area contributed by atoms with E-state index in [1.54, 1.807) is 18.4 Å². The summed E-state index contributed by atoms with van der Waals surface area (Å²) in [4.78, 5) is 10.9. The molecule has 0 radical (unpaired) electrons. The van der Waals surface area contributed by atoms with Crippen molar-refractivity contribution in [2.24, 2.45) is 0 Å². The Hall–Kier alpha value is -2.80. The molecule has 0 bridgehead atoms. The van der Waals surface area contributed by atoms with E-state index >= 15 is 0 Å². The van der Waals surface area contributed by atoms with Crippen LogP contribution in [0.15, 0.2) is 60.9 Å². The second kappa shape index (κ2) is 7.59. The van der Waals surface area contributed by atoms with Gasteiger partial charge in [-0.1, -0.05) is 37.4 Å². The summed E-state index contributed by atoms with van der Waals surface area (Å²) in [7, 11) is 0. The molecule has 1 aromatic rings. The molecule has 0 aliphatic rings. The molecule has 1 N–H and O–H groups in total. The normalized spacial score (nSPS) is 10.3. The van der Waals surface area contributed by atoms with Crippen molar-refractivity contribution in [1.29, 1.82) is 5.26 Å². The van der Waals surface area contributed by atoms with Crippen molar-refractivity contribution >= 4 is 11.6 Å². The Kier molecular flexibility index (Phi) is 5.79. The first-order chi connectivity index (χ1) is 9.56. The first-order valence-corrected chi connectivity index (χ1v) is 6.00. The van der Waals surface area contributed by atoms with Gasteiger partial charge in [0.1, 0.15) is 5.76 Å². The molecular formula is C16H16N2O2. The van der Waals surface area contributed by atoms with Crippen LogP contribution in [-0.4, -0.2) is 5.91 Å². The fourth-order valence-electron chi connectivity index (χ4n) is 1.64. The lowest BCUT2D eigenvalue weighted by Crippen LogP contribution is -2.05. The van der Waals surface area contributed by atoms with Crippen molar-refractivity contribution in [3.8, 4) is 6.26 Å². The minimum absolute atomic E-state index is 0.110. The van der Waals surface area contributed by atoms with Crippen molar-refractivity contribution in [2.45, 2.75) is 13.3 Å². The lowest BCUT2D eigenvalue weighted by molar-refractivity contribution is -0.114. The summed E-state index contributed by atoms with van der Waals surface area (Å²) in [5.74, 6) is 0.194. The largest absolute Gasteiger partial charge is 0.388 e. The number of amides is 1. The van der Waals surface area contributed by atoms with Gasteiger partial charge in [-0.3, -0.25) is 4.79 Å². The zero-order chi connectivity index (χ0) is 15.0. The molecule has 0 saturated heterocycles. The molecule has 0 atom stereocenters. The average molecular weight is 268 g/mol. The number of hydrogen-bond acceptors (Lipinski definition) is 3. The quantitative estimate of drug-likeness (QED) is 0.489. The Morgan fingerprint density at radius 1 is 1.45 bits per heavy atom. The van der Waals surface area contributed by atoms with Crippen LogP contribution in [0.3, 0.4) is 0 Å². The van der Waals surface area contributed by atoms with Crippen LogP contribution in [-0.2, 0) is 16.0 Å². The molecule has 20 heavy (non-hydrogen) atoms. The Morgan fingerprint density at radius 2 is 2.10 bits per heavy atom. The summed E-state index contributed by atoms with van der Waals surface area (Å²) < 4.78 is 4.74. The van der Waals surface area contributed by atoms with Crippen molar-refractivity contribution in [1.82, 2.24) is 0 Å². The molecule has 1 rings (SSSR count). The minimum atomic E-state index is -0.110. The summed E-state index contributed by atoms with van der Waals surface area (Å²) in [6.07, 6.45) is 5.53. The van der Waals surface area contributed by atoms with Gasteiger partial charge in [-0.2, -0.15) is 0 Å². The number of anilines is 1. The first kappa shape index (κ1) is 15.3. The smallest absolute Gasteiger partial charge is 0.292 e. The number of allylic oxidation sites excluding steroid dienone is 3. The highest BCUT2D eigenvalue weighted by Gasteiger charge is 2.06. The molecule has 4 heteroatoms. The van der Waals surface area contributed by atoms with Gasteiger partial charge in [0, 0.05) is 19.0 Å². The maximum atomic E-state index is 10.9. The molecule has 0 aromatic heterocycles. The van der Waals surface area contributed by atoms with Crippen LogP contribution in [0, 0.1) is 11.5 Å². The van der Waals surface area contributed by atoms with Gasteiger partial charge in [-0.25, -0.2) is 0 Å². The number of benzene rings is 1. The van der Waals surface area contributed by atoms with Crippen LogP contribution >= 0.6 is 0 Å². The number of hydrogen-bond donors (Lipinski definition) is 1. The van der Waals surface area contributed by atoms with Crippen molar-refractivity contribution in [3.05, 3.63) is 66.5 Å². The van der Waals surface area contributed by atoms with Gasteiger partial charge in [-0.05, 0) is 23.3 Å². The standard InChI is InChI=1S/C16H16N2O2/c1-4-5-15(12(2)20-11-17)10-14-6-8-16(9-7-14)18-13(3)19/h4-9H,1-2,10H2,3H3,(H,18,19)/b15-5-. The summed E-state index contributed by atoms with van der Waals surface area (Å²) in [6, 6.07) is 7.41. The third-order valence-corrected chi connectivity index (χ3v) is 2.51. The second-order valence-corrected chi connectivity index (χ2v) is 4.10. The molecular weight excluding hydrogens is 252 g/mol. The minimum Gasteiger partial charge on any atom is -0.388 e. The molecule has 102 valence electrons. The Morgan fingerprint density at radius 3 is 2.60 bits per heavy atom. The number of nitriles is 1. The van der Waals surface area contributed by atoms with E-state index in [0.717, 1.165) is 16.8 Å². The van der Waals surface area contributed by atoms with E-state index < -0.39 is 0 Å². The Bertz CT molecular complexity index is 577. The number of ether oxygens (including phenoxy) is 1. The maximum absolute atomic E-state index is 10.9. The average Bonchev–Trinajstić information content (AvgIpc) is 2.40. The summed E-state index contributed by atoms with van der Waals surface area (Å²) in [5, 5.41) is 11.2. The van der Waals surface area contributed by atoms with Crippen molar-refractivity contribution in [3.63, 3.8) is 0 Å². The van der Waals surface area contributed by atoms with Gasteiger partial charge in [0.05, 0.1) is 0 Å². The molecule has 0 spiro atoms. The van der Waals surface area contributed by atoms with Gasteiger partial charge in [-0.15, -0.1) is 5.26 Å². The number of carbonyl (C=O) groups is 1. The van der Waals surface area contributed by atoms with Crippen LogP contribution in [0.4, 0.5) is 5.69 Å². The van der Waals surface area contributed by atoms with E-state index in [2.05, 4.69) is 18.5 Å². The van der Waals surface area contributed by atoms with Crippen LogP contribution in [0.25, 0.3) is 0 Å². The van der Waals surface area contributed by atoms with E-state index in [4.69, 9.17) is 10.00 Å². The van der Waals surface area contributed by atoms with E-state index in [9.17, 15) is 4.79 Å². The van der Waals surface area contributed by atoms with Gasteiger partial charge in [0.15, 0.2) is 0 Å². The highest BCUT2D eigenvalue weighted by Crippen LogP contribution is 2.18. The van der Waals surface area contributed by atoms with Crippen LogP contribution < -0.4 is 5.32 Å².